The second-order valence-electron chi connectivity index (χ2n) is 6.26. The fourth-order valence-corrected chi connectivity index (χ4v) is 2.95. The van der Waals surface area contributed by atoms with E-state index in [1.54, 1.807) is 42.1 Å². The summed E-state index contributed by atoms with van der Waals surface area (Å²) >= 11 is 0. The Morgan fingerprint density at radius 3 is 2.44 bits per heavy atom. The van der Waals surface area contributed by atoms with Gasteiger partial charge in [0.25, 0.3) is 0 Å². The quantitative estimate of drug-likeness (QED) is 0.511. The van der Waals surface area contributed by atoms with Gasteiger partial charge in [-0.05, 0) is 39.0 Å². The maximum Gasteiger partial charge on any atom is 0.343 e. The number of aryl methyl sites for hydroxylation is 2. The summed E-state index contributed by atoms with van der Waals surface area (Å²) in [7, 11) is 1.87. The van der Waals surface area contributed by atoms with Crippen LogP contribution in [0.4, 0.5) is 0 Å². The molecule has 3 rings (SSSR count). The molecule has 138 valence electrons. The topological polar surface area (TPSA) is 90.2 Å². The number of hydrogen-bond acceptors (Lipinski definition) is 5. The molecule has 0 saturated carbocycles. The van der Waals surface area contributed by atoms with Crippen molar-refractivity contribution in [1.82, 2.24) is 9.13 Å². The van der Waals surface area contributed by atoms with E-state index in [-0.39, 0.29) is 28.6 Å². The highest BCUT2D eigenvalue weighted by Gasteiger charge is 2.26. The molecule has 0 bridgehead atoms. The Morgan fingerprint density at radius 1 is 1.22 bits per heavy atom. The van der Waals surface area contributed by atoms with Gasteiger partial charge in [-0.3, -0.25) is 9.36 Å². The highest BCUT2D eigenvalue weighted by atomic mass is 16.5. The Hall–Kier alpha value is -3.53. The summed E-state index contributed by atoms with van der Waals surface area (Å²) in [6.45, 7) is 4.90. The average Bonchev–Trinajstić information content (AvgIpc) is 3.34. The van der Waals surface area contributed by atoms with Crippen LogP contribution in [0.2, 0.25) is 0 Å². The van der Waals surface area contributed by atoms with Crippen LogP contribution >= 0.6 is 0 Å². The predicted molar refractivity (Wildman–Crippen MR) is 97.0 cm³/mol. The van der Waals surface area contributed by atoms with Crippen LogP contribution < -0.4 is 0 Å². The molecule has 0 radical (unpaired) electrons. The summed E-state index contributed by atoms with van der Waals surface area (Å²) in [5, 5.41) is 9.48. The van der Waals surface area contributed by atoms with Gasteiger partial charge in [0, 0.05) is 36.4 Å². The number of hydrogen-bond donors (Lipinski definition) is 0. The van der Waals surface area contributed by atoms with Crippen LogP contribution in [0.25, 0.3) is 5.88 Å². The van der Waals surface area contributed by atoms with E-state index in [9.17, 15) is 14.9 Å². The number of carbonyl (C=O) groups is 2. The van der Waals surface area contributed by atoms with Crippen molar-refractivity contribution < 1.29 is 18.7 Å². The van der Waals surface area contributed by atoms with Gasteiger partial charge in [-0.2, -0.15) is 5.26 Å². The van der Waals surface area contributed by atoms with Crippen molar-refractivity contribution in [2.75, 3.05) is 6.61 Å². The molecule has 3 heterocycles. The van der Waals surface area contributed by atoms with Crippen LogP contribution in [0.3, 0.4) is 0 Å². The van der Waals surface area contributed by atoms with Crippen LogP contribution in [0.1, 0.15) is 43.4 Å². The minimum Gasteiger partial charge on any atom is -0.454 e. The first-order valence-electron chi connectivity index (χ1n) is 8.35. The molecule has 0 saturated heterocycles. The molecule has 0 atom stereocenters. The Kier molecular flexibility index (Phi) is 4.74. The monoisotopic (exact) mass is 365 g/mol. The van der Waals surface area contributed by atoms with Gasteiger partial charge in [0.2, 0.25) is 11.7 Å². The molecule has 0 aliphatic rings. The van der Waals surface area contributed by atoms with Crippen LogP contribution in [-0.2, 0) is 11.8 Å². The van der Waals surface area contributed by atoms with Crippen molar-refractivity contribution in [1.29, 1.82) is 5.26 Å². The van der Waals surface area contributed by atoms with Gasteiger partial charge in [-0.15, -0.1) is 0 Å². The van der Waals surface area contributed by atoms with Crippen LogP contribution in [0.15, 0.2) is 35.0 Å². The molecular weight excluding hydrogens is 346 g/mol. The van der Waals surface area contributed by atoms with Crippen LogP contribution in [-0.4, -0.2) is 27.5 Å². The zero-order valence-corrected chi connectivity index (χ0v) is 15.6. The van der Waals surface area contributed by atoms with E-state index in [0.29, 0.717) is 5.56 Å². The first kappa shape index (κ1) is 18.3. The molecule has 7 nitrogen and oxygen atoms in total. The summed E-state index contributed by atoms with van der Waals surface area (Å²) in [6.07, 6.45) is 3.41. The first-order chi connectivity index (χ1) is 12.8. The number of aromatic nitrogens is 2. The van der Waals surface area contributed by atoms with E-state index in [0.717, 1.165) is 11.4 Å². The van der Waals surface area contributed by atoms with E-state index in [1.807, 2.05) is 31.5 Å². The third kappa shape index (κ3) is 3.17. The molecule has 27 heavy (non-hydrogen) atoms. The molecule has 0 fully saturated rings. The smallest absolute Gasteiger partial charge is 0.343 e. The maximum absolute atomic E-state index is 12.5. The van der Waals surface area contributed by atoms with E-state index in [4.69, 9.17) is 9.15 Å². The SMILES string of the molecule is Cc1oc(-n2cccc2)c(C#N)c1C(=O)OCC(=O)c1cc(C)n(C)c1C. The van der Waals surface area contributed by atoms with Crippen molar-refractivity contribution in [2.45, 2.75) is 20.8 Å². The molecule has 0 aliphatic carbocycles. The van der Waals surface area contributed by atoms with Gasteiger partial charge in [-0.25, -0.2) is 4.79 Å². The van der Waals surface area contributed by atoms with Crippen molar-refractivity contribution in [3.63, 3.8) is 0 Å². The van der Waals surface area contributed by atoms with Crippen LogP contribution in [0, 0.1) is 32.1 Å². The molecule has 3 aromatic heterocycles. The normalized spacial score (nSPS) is 10.6. The molecule has 0 unspecified atom stereocenters. The van der Waals surface area contributed by atoms with Gasteiger partial charge in [-0.1, -0.05) is 0 Å². The molecule has 7 heteroatoms. The largest absolute Gasteiger partial charge is 0.454 e. The fraction of sp³-hybridized carbons (Fsp3) is 0.250. The third-order valence-corrected chi connectivity index (χ3v) is 4.63. The number of nitriles is 1. The molecule has 0 N–H and O–H groups in total. The number of furan rings is 1. The third-order valence-electron chi connectivity index (χ3n) is 4.63. The number of esters is 1. The van der Waals surface area contributed by atoms with Gasteiger partial charge in [0.05, 0.1) is 0 Å². The lowest BCUT2D eigenvalue weighted by Gasteiger charge is -2.05. The number of ketones is 1. The number of ether oxygens (including phenoxy) is 1. The Morgan fingerprint density at radius 2 is 1.89 bits per heavy atom. The zero-order valence-electron chi connectivity index (χ0n) is 15.6. The van der Waals surface area contributed by atoms with E-state index in [2.05, 4.69) is 0 Å². The van der Waals surface area contributed by atoms with Crippen molar-refractivity contribution in [3.8, 4) is 12.0 Å². The summed E-state index contributed by atoms with van der Waals surface area (Å²) in [5.41, 5.74) is 2.37. The molecule has 0 spiro atoms. The standard InChI is InChI=1S/C20H19N3O4/c1-12-9-15(13(2)22(12)4)17(24)11-26-20(25)18-14(3)27-19(16(18)10-21)23-7-5-6-8-23/h5-9H,11H2,1-4H3. The lowest BCUT2D eigenvalue weighted by molar-refractivity contribution is 0.0472. The average molecular weight is 365 g/mol. The summed E-state index contributed by atoms with van der Waals surface area (Å²) in [5.74, 6) is -0.549. The predicted octanol–water partition coefficient (Wildman–Crippen LogP) is 3.25. The van der Waals surface area contributed by atoms with Gasteiger partial charge >= 0.3 is 5.97 Å². The minimum atomic E-state index is -0.759. The van der Waals surface area contributed by atoms with Gasteiger partial charge in [0.15, 0.2) is 6.61 Å². The Labute approximate surface area is 156 Å². The lowest BCUT2D eigenvalue weighted by atomic mass is 10.1. The number of carbonyl (C=O) groups excluding carboxylic acids is 2. The van der Waals surface area contributed by atoms with Gasteiger partial charge < -0.3 is 13.7 Å². The highest BCUT2D eigenvalue weighted by Crippen LogP contribution is 2.26. The number of Topliss-reactive ketones (excluding diaryl/α,β-unsaturated/α-hetero) is 1. The summed E-state index contributed by atoms with van der Waals surface area (Å²) < 4.78 is 14.3. The highest BCUT2D eigenvalue weighted by molar-refractivity contribution is 6.01. The van der Waals surface area contributed by atoms with Crippen molar-refractivity contribution in [2.24, 2.45) is 7.05 Å². The Balaban J connectivity index is 1.82. The molecule has 0 aromatic carbocycles. The van der Waals surface area contributed by atoms with E-state index in [1.165, 1.54) is 0 Å². The van der Waals surface area contributed by atoms with E-state index >= 15 is 0 Å². The molecule has 0 amide bonds. The lowest BCUT2D eigenvalue weighted by Crippen LogP contribution is -2.16. The summed E-state index contributed by atoms with van der Waals surface area (Å²) in [4.78, 5) is 24.9. The fourth-order valence-electron chi connectivity index (χ4n) is 2.95. The van der Waals surface area contributed by atoms with Gasteiger partial charge in [0.1, 0.15) is 23.0 Å². The van der Waals surface area contributed by atoms with Crippen molar-refractivity contribution in [3.05, 3.63) is 64.4 Å². The number of rotatable bonds is 5. The zero-order chi connectivity index (χ0) is 19.7. The molecule has 0 aliphatic heterocycles. The van der Waals surface area contributed by atoms with E-state index < -0.39 is 12.6 Å². The Bertz CT molecular complexity index is 1060. The number of nitrogens with zero attached hydrogens (tertiary/aromatic N) is 3. The first-order valence-corrected chi connectivity index (χ1v) is 8.35. The minimum absolute atomic E-state index is 0.0370. The van der Waals surface area contributed by atoms with Crippen LogP contribution in [0.5, 0.6) is 0 Å². The maximum atomic E-state index is 12.5. The summed E-state index contributed by atoms with van der Waals surface area (Å²) in [6, 6.07) is 7.31. The van der Waals surface area contributed by atoms with Crippen molar-refractivity contribution >= 4 is 11.8 Å². The molecular formula is C20H19N3O4. The molecule has 3 aromatic rings. The second-order valence-corrected chi connectivity index (χ2v) is 6.26. The second kappa shape index (κ2) is 7.00.